The Hall–Kier alpha value is -0.790. The number of rotatable bonds is 2. The van der Waals surface area contributed by atoms with Crippen LogP contribution >= 0.6 is 50.1 Å². The highest BCUT2D eigenvalue weighted by Gasteiger charge is 2.13. The Morgan fingerprint density at radius 2 is 2.05 bits per heavy atom. The third-order valence-electron chi connectivity index (χ3n) is 2.76. The van der Waals surface area contributed by atoms with E-state index in [9.17, 15) is 4.79 Å². The highest BCUT2D eigenvalue weighted by molar-refractivity contribution is 14.1. The van der Waals surface area contributed by atoms with Crippen molar-refractivity contribution < 1.29 is 4.79 Å². The van der Waals surface area contributed by atoms with Crippen LogP contribution in [0.1, 0.15) is 15.9 Å². The van der Waals surface area contributed by atoms with Gasteiger partial charge in [-0.1, -0.05) is 11.6 Å². The van der Waals surface area contributed by atoms with Gasteiger partial charge in [-0.15, -0.1) is 0 Å². The Kier molecular flexibility index (Phi) is 4.93. The molecule has 0 fully saturated rings. The van der Waals surface area contributed by atoms with E-state index in [1.807, 2.05) is 25.1 Å². The Morgan fingerprint density at radius 3 is 2.75 bits per heavy atom. The number of carbonyl (C=O) groups is 1. The van der Waals surface area contributed by atoms with Crippen molar-refractivity contribution in [3.63, 3.8) is 0 Å². The van der Waals surface area contributed by atoms with Gasteiger partial charge in [-0.2, -0.15) is 0 Å². The maximum Gasteiger partial charge on any atom is 0.256 e. The van der Waals surface area contributed by atoms with E-state index in [1.165, 1.54) is 0 Å². The lowest BCUT2D eigenvalue weighted by Crippen LogP contribution is -2.14. The number of hydrogen-bond donors (Lipinski definition) is 2. The number of halogens is 3. The molecule has 20 heavy (non-hydrogen) atoms. The molecule has 3 N–H and O–H groups in total. The van der Waals surface area contributed by atoms with E-state index in [4.69, 9.17) is 17.3 Å². The van der Waals surface area contributed by atoms with Crippen LogP contribution in [-0.2, 0) is 0 Å². The smallest absolute Gasteiger partial charge is 0.256 e. The number of aryl methyl sites for hydroxylation is 1. The summed E-state index contributed by atoms with van der Waals surface area (Å²) in [6.07, 6.45) is 0. The lowest BCUT2D eigenvalue weighted by Gasteiger charge is -2.11. The van der Waals surface area contributed by atoms with Crippen LogP contribution in [0.2, 0.25) is 5.02 Å². The van der Waals surface area contributed by atoms with Gasteiger partial charge in [-0.05, 0) is 81.3 Å². The Bertz CT molecular complexity index is 691. The number of nitrogens with two attached hydrogens (primary N) is 1. The van der Waals surface area contributed by atoms with E-state index >= 15 is 0 Å². The normalized spacial score (nSPS) is 10.4. The lowest BCUT2D eigenvalue weighted by atomic mass is 10.1. The number of amides is 1. The summed E-state index contributed by atoms with van der Waals surface area (Å²) in [6.45, 7) is 1.87. The second kappa shape index (κ2) is 6.32. The molecule has 0 bridgehead atoms. The Balaban J connectivity index is 2.32. The van der Waals surface area contributed by atoms with Crippen molar-refractivity contribution in [3.8, 4) is 0 Å². The van der Waals surface area contributed by atoms with Crippen LogP contribution in [-0.4, -0.2) is 5.91 Å². The number of hydrogen-bond acceptors (Lipinski definition) is 2. The minimum absolute atomic E-state index is 0.195. The summed E-state index contributed by atoms with van der Waals surface area (Å²) >= 11 is 11.5. The topological polar surface area (TPSA) is 55.1 Å². The van der Waals surface area contributed by atoms with Gasteiger partial charge in [0.05, 0.1) is 16.3 Å². The van der Waals surface area contributed by atoms with Crippen molar-refractivity contribution in [1.29, 1.82) is 0 Å². The highest BCUT2D eigenvalue weighted by Crippen LogP contribution is 2.28. The van der Waals surface area contributed by atoms with Crippen LogP contribution in [0.25, 0.3) is 0 Å². The van der Waals surface area contributed by atoms with Crippen LogP contribution in [0.5, 0.6) is 0 Å². The van der Waals surface area contributed by atoms with Crippen LogP contribution in [0.4, 0.5) is 11.4 Å². The summed E-state index contributed by atoms with van der Waals surface area (Å²) in [5.41, 5.74) is 8.31. The van der Waals surface area contributed by atoms with E-state index in [-0.39, 0.29) is 5.91 Å². The molecule has 0 spiro atoms. The number of anilines is 2. The molecule has 0 unspecified atom stereocenters. The van der Waals surface area contributed by atoms with Crippen molar-refractivity contribution in [2.45, 2.75) is 6.92 Å². The zero-order valence-electron chi connectivity index (χ0n) is 10.5. The predicted octanol–water partition coefficient (Wildman–Crippen LogP) is 4.85. The molecule has 2 rings (SSSR count). The van der Waals surface area contributed by atoms with Crippen molar-refractivity contribution in [2.24, 2.45) is 0 Å². The molecule has 1 amide bonds. The van der Waals surface area contributed by atoms with Crippen LogP contribution in [0.15, 0.2) is 34.8 Å². The standard InChI is InChI=1S/C14H11BrClIN2O/c1-7-4-12(18)11(16)6-13(7)19-14(20)9-5-8(17)2-3-10(9)15/h2-6H,18H2,1H3,(H,19,20). The van der Waals surface area contributed by atoms with Gasteiger partial charge in [0.2, 0.25) is 0 Å². The molecular weight excluding hydrogens is 454 g/mol. The van der Waals surface area contributed by atoms with Gasteiger partial charge in [0.1, 0.15) is 0 Å². The molecule has 0 aromatic heterocycles. The monoisotopic (exact) mass is 464 g/mol. The third kappa shape index (κ3) is 3.45. The molecule has 0 atom stereocenters. The molecule has 2 aromatic rings. The summed E-state index contributed by atoms with van der Waals surface area (Å²) in [5.74, 6) is -0.195. The minimum atomic E-state index is -0.195. The number of nitrogen functional groups attached to an aromatic ring is 1. The summed E-state index contributed by atoms with van der Waals surface area (Å²) in [6, 6.07) is 8.98. The molecule has 0 radical (unpaired) electrons. The molecule has 104 valence electrons. The first-order valence-electron chi connectivity index (χ1n) is 5.70. The Morgan fingerprint density at radius 1 is 1.35 bits per heavy atom. The molecule has 2 aromatic carbocycles. The van der Waals surface area contributed by atoms with Crippen molar-refractivity contribution in [2.75, 3.05) is 11.1 Å². The highest BCUT2D eigenvalue weighted by atomic mass is 127. The largest absolute Gasteiger partial charge is 0.398 e. The maximum atomic E-state index is 12.3. The van der Waals surface area contributed by atoms with Gasteiger partial charge in [0, 0.05) is 13.7 Å². The fraction of sp³-hybridized carbons (Fsp3) is 0.0714. The first-order valence-corrected chi connectivity index (χ1v) is 7.95. The van der Waals surface area contributed by atoms with E-state index in [0.717, 1.165) is 13.6 Å². The molecule has 0 aliphatic heterocycles. The first-order chi connectivity index (χ1) is 9.38. The van der Waals surface area contributed by atoms with E-state index in [1.54, 1.807) is 12.1 Å². The van der Waals surface area contributed by atoms with Gasteiger partial charge in [0.25, 0.3) is 5.91 Å². The summed E-state index contributed by atoms with van der Waals surface area (Å²) in [4.78, 5) is 12.3. The summed E-state index contributed by atoms with van der Waals surface area (Å²) in [5, 5.41) is 3.27. The van der Waals surface area contributed by atoms with Gasteiger partial charge in [-0.3, -0.25) is 4.79 Å². The van der Waals surface area contributed by atoms with Crippen LogP contribution in [0.3, 0.4) is 0 Å². The fourth-order valence-electron chi connectivity index (χ4n) is 1.70. The number of benzene rings is 2. The second-order valence-electron chi connectivity index (χ2n) is 4.27. The van der Waals surface area contributed by atoms with Crippen LogP contribution < -0.4 is 11.1 Å². The molecule has 3 nitrogen and oxygen atoms in total. The maximum absolute atomic E-state index is 12.3. The van der Waals surface area contributed by atoms with Gasteiger partial charge >= 0.3 is 0 Å². The molecule has 0 heterocycles. The van der Waals surface area contributed by atoms with Crippen LogP contribution in [0, 0.1) is 10.5 Å². The molecule has 0 aliphatic carbocycles. The average molecular weight is 466 g/mol. The summed E-state index contributed by atoms with van der Waals surface area (Å²) in [7, 11) is 0. The van der Waals surface area contributed by atoms with Gasteiger partial charge in [-0.25, -0.2) is 0 Å². The second-order valence-corrected chi connectivity index (χ2v) is 6.77. The molecule has 6 heteroatoms. The van der Waals surface area contributed by atoms with Crippen molar-refractivity contribution in [1.82, 2.24) is 0 Å². The van der Waals surface area contributed by atoms with E-state index in [2.05, 4.69) is 43.8 Å². The minimum Gasteiger partial charge on any atom is -0.398 e. The zero-order valence-corrected chi connectivity index (χ0v) is 15.0. The lowest BCUT2D eigenvalue weighted by molar-refractivity contribution is 0.102. The number of nitrogens with one attached hydrogen (secondary N) is 1. The first kappa shape index (κ1) is 15.6. The van der Waals surface area contributed by atoms with Crippen molar-refractivity contribution >= 4 is 67.4 Å². The molecule has 0 saturated carbocycles. The van der Waals surface area contributed by atoms with Gasteiger partial charge < -0.3 is 11.1 Å². The average Bonchev–Trinajstić information content (AvgIpc) is 2.38. The van der Waals surface area contributed by atoms with Crippen molar-refractivity contribution in [3.05, 3.63) is 54.5 Å². The SMILES string of the molecule is Cc1cc(N)c(Cl)cc1NC(=O)c1cc(I)ccc1Br. The van der Waals surface area contributed by atoms with E-state index in [0.29, 0.717) is 22.0 Å². The third-order valence-corrected chi connectivity index (χ3v) is 4.45. The predicted molar refractivity (Wildman–Crippen MR) is 95.4 cm³/mol. The molecule has 0 aliphatic rings. The van der Waals surface area contributed by atoms with E-state index < -0.39 is 0 Å². The molecule has 0 saturated heterocycles. The Labute approximate surface area is 144 Å². The summed E-state index contributed by atoms with van der Waals surface area (Å²) < 4.78 is 1.73. The molecular formula is C14H11BrClIN2O. The quantitative estimate of drug-likeness (QED) is 0.492. The van der Waals surface area contributed by atoms with Gasteiger partial charge in [0.15, 0.2) is 0 Å². The number of carbonyl (C=O) groups excluding carboxylic acids is 1. The zero-order chi connectivity index (χ0) is 14.9. The fourth-order valence-corrected chi connectivity index (χ4v) is 2.78.